The first kappa shape index (κ1) is 33.3. The fourth-order valence-corrected chi connectivity index (χ4v) is 7.16. The van der Waals surface area contributed by atoms with Crippen molar-refractivity contribution in [1.29, 1.82) is 0 Å². The zero-order chi connectivity index (χ0) is 32.4. The molecule has 3 aromatic rings. The van der Waals surface area contributed by atoms with Crippen LogP contribution in [-0.2, 0) is 23.4 Å². The normalized spacial score (nSPS) is 25.8. The smallest absolute Gasteiger partial charge is 0.459 e. The van der Waals surface area contributed by atoms with Crippen molar-refractivity contribution < 1.29 is 37.4 Å². The van der Waals surface area contributed by atoms with E-state index < -0.39 is 62.5 Å². The Morgan fingerprint density at radius 2 is 1.98 bits per heavy atom. The van der Waals surface area contributed by atoms with E-state index >= 15 is 4.39 Å². The number of halogens is 2. The monoisotopic (exact) mass is 669 g/mol. The predicted molar refractivity (Wildman–Crippen MR) is 165 cm³/mol. The molecule has 0 bridgehead atoms. The molecule has 0 amide bonds. The molecule has 1 saturated heterocycles. The van der Waals surface area contributed by atoms with Crippen LogP contribution in [0.4, 0.5) is 16.2 Å². The van der Waals surface area contributed by atoms with Crippen molar-refractivity contribution in [2.24, 2.45) is 0 Å². The molecule has 2 aliphatic rings. The topological polar surface area (TPSA) is 185 Å². The zero-order valence-corrected chi connectivity index (χ0v) is 26.8. The molecule has 14 nitrogen and oxygen atoms in total. The number of aromatic nitrogens is 4. The van der Waals surface area contributed by atoms with Gasteiger partial charge in [0.05, 0.1) is 24.9 Å². The number of hydrogen-bond acceptors (Lipinski definition) is 12. The maximum Gasteiger partial charge on any atom is 0.459 e. The number of benzene rings is 1. The summed E-state index contributed by atoms with van der Waals surface area (Å²) in [5, 5.41) is 17.0. The SMILES string of the molecule is CC(C)OC(=O)[C@H](C)N[P@@](=O)(OC[C@@]1(CCl)O[C@@H](n2cnc3c(NC4CCCC4)nc(N)nc32)[C@H](F)[C@@H]1O)Oc1ccccc1. The summed E-state index contributed by atoms with van der Waals surface area (Å²) in [5.74, 6) is -0.635. The van der Waals surface area contributed by atoms with Crippen molar-refractivity contribution in [3.8, 4) is 5.75 Å². The van der Waals surface area contributed by atoms with E-state index in [1.165, 1.54) is 30.0 Å². The van der Waals surface area contributed by atoms with E-state index in [0.717, 1.165) is 25.7 Å². The van der Waals surface area contributed by atoms with Crippen LogP contribution in [0.2, 0.25) is 0 Å². The summed E-state index contributed by atoms with van der Waals surface area (Å²) in [7, 11) is -4.38. The largest absolute Gasteiger partial charge is 0.462 e. The van der Waals surface area contributed by atoms with Gasteiger partial charge in [0.15, 0.2) is 29.4 Å². The number of carbonyl (C=O) groups is 1. The van der Waals surface area contributed by atoms with Gasteiger partial charge in [0.1, 0.15) is 23.5 Å². The number of nitrogens with one attached hydrogen (secondary N) is 2. The molecule has 0 spiro atoms. The van der Waals surface area contributed by atoms with Gasteiger partial charge in [-0.3, -0.25) is 13.9 Å². The maximum atomic E-state index is 15.9. The van der Waals surface area contributed by atoms with Crippen LogP contribution in [-0.4, -0.2) is 79.1 Å². The number of aliphatic hydroxyl groups is 1. The van der Waals surface area contributed by atoms with Crippen LogP contribution in [0.15, 0.2) is 36.7 Å². The molecule has 1 aromatic carbocycles. The molecule has 1 aliphatic heterocycles. The third-order valence-corrected chi connectivity index (χ3v) is 9.68. The number of para-hydroxylation sites is 1. The van der Waals surface area contributed by atoms with Gasteiger partial charge in [0, 0.05) is 6.04 Å². The van der Waals surface area contributed by atoms with E-state index in [4.69, 9.17) is 35.9 Å². The van der Waals surface area contributed by atoms with E-state index in [1.54, 1.807) is 32.0 Å². The van der Waals surface area contributed by atoms with E-state index in [2.05, 4.69) is 25.4 Å². The average Bonchev–Trinajstić information content (AvgIpc) is 3.72. The molecule has 1 aliphatic carbocycles. The minimum absolute atomic E-state index is 0.0548. The van der Waals surface area contributed by atoms with Crippen molar-refractivity contribution in [3.63, 3.8) is 0 Å². The highest BCUT2D eigenvalue weighted by molar-refractivity contribution is 7.52. The fourth-order valence-electron chi connectivity index (χ4n) is 5.31. The maximum absolute atomic E-state index is 15.9. The lowest BCUT2D eigenvalue weighted by atomic mass is 9.99. The average molecular weight is 670 g/mol. The van der Waals surface area contributed by atoms with Gasteiger partial charge in [-0.25, -0.2) is 13.9 Å². The minimum atomic E-state index is -4.38. The van der Waals surface area contributed by atoms with E-state index in [1.807, 2.05) is 0 Å². The lowest BCUT2D eigenvalue weighted by molar-refractivity contribution is -0.149. The van der Waals surface area contributed by atoms with Gasteiger partial charge in [0.2, 0.25) is 5.95 Å². The summed E-state index contributed by atoms with van der Waals surface area (Å²) in [6.45, 7) is 4.08. The first-order chi connectivity index (χ1) is 21.4. The fraction of sp³-hybridized carbons (Fsp3) is 0.571. The summed E-state index contributed by atoms with van der Waals surface area (Å²) < 4.78 is 53.8. The van der Waals surface area contributed by atoms with Crippen LogP contribution >= 0.6 is 19.3 Å². The summed E-state index contributed by atoms with van der Waals surface area (Å²) in [5.41, 5.74) is 4.64. The molecule has 1 saturated carbocycles. The predicted octanol–water partition coefficient (Wildman–Crippen LogP) is 4.10. The molecule has 6 atom stereocenters. The van der Waals surface area contributed by atoms with Gasteiger partial charge in [-0.2, -0.15) is 15.1 Å². The molecule has 17 heteroatoms. The Bertz CT molecular complexity index is 1530. The molecule has 5 rings (SSSR count). The Hall–Kier alpha value is -3.07. The summed E-state index contributed by atoms with van der Waals surface area (Å²) in [4.78, 5) is 25.5. The van der Waals surface area contributed by atoms with Gasteiger partial charge in [-0.1, -0.05) is 31.0 Å². The lowest BCUT2D eigenvalue weighted by Crippen LogP contribution is -2.48. The number of nitrogens with zero attached hydrogens (tertiary/aromatic N) is 4. The van der Waals surface area contributed by atoms with Crippen molar-refractivity contribution in [2.75, 3.05) is 23.5 Å². The number of rotatable bonds is 13. The number of imidazole rings is 1. The Labute approximate surface area is 264 Å². The van der Waals surface area contributed by atoms with Crippen LogP contribution in [0.1, 0.15) is 52.7 Å². The van der Waals surface area contributed by atoms with Crippen LogP contribution < -0.4 is 20.7 Å². The number of fused-ring (bicyclic) bond motifs is 1. The van der Waals surface area contributed by atoms with Crippen LogP contribution in [0, 0.1) is 0 Å². The van der Waals surface area contributed by atoms with Gasteiger partial charge in [-0.05, 0) is 45.7 Å². The Morgan fingerprint density at radius 1 is 1.27 bits per heavy atom. The summed E-state index contributed by atoms with van der Waals surface area (Å²) in [6, 6.07) is 7.18. The number of esters is 1. The number of nitrogen functional groups attached to an aromatic ring is 1. The number of ether oxygens (including phenoxy) is 2. The van der Waals surface area contributed by atoms with E-state index in [0.29, 0.717) is 11.3 Å². The quantitative estimate of drug-likeness (QED) is 0.116. The number of alkyl halides is 2. The highest BCUT2D eigenvalue weighted by atomic mass is 35.5. The molecule has 5 N–H and O–H groups in total. The highest BCUT2D eigenvalue weighted by Crippen LogP contribution is 2.49. The van der Waals surface area contributed by atoms with Crippen molar-refractivity contribution >= 4 is 48.2 Å². The first-order valence-electron chi connectivity index (χ1n) is 14.7. The third kappa shape index (κ3) is 7.34. The Kier molecular flexibility index (Phi) is 10.2. The number of aliphatic hydroxyl groups excluding tert-OH is 1. The number of anilines is 2. The van der Waals surface area contributed by atoms with Gasteiger partial charge in [-0.15, -0.1) is 11.6 Å². The van der Waals surface area contributed by atoms with E-state index in [-0.39, 0.29) is 23.4 Å². The number of carbonyl (C=O) groups excluding carboxylic acids is 1. The number of nitrogens with two attached hydrogens (primary N) is 1. The molecular weight excluding hydrogens is 632 g/mol. The van der Waals surface area contributed by atoms with Gasteiger partial charge >= 0.3 is 13.7 Å². The molecule has 2 fully saturated rings. The molecule has 45 heavy (non-hydrogen) atoms. The second-order valence-electron chi connectivity index (χ2n) is 11.5. The molecule has 246 valence electrons. The Balaban J connectivity index is 1.39. The van der Waals surface area contributed by atoms with Crippen molar-refractivity contribution in [1.82, 2.24) is 24.6 Å². The van der Waals surface area contributed by atoms with Gasteiger partial charge < -0.3 is 30.2 Å². The number of hydrogen-bond donors (Lipinski definition) is 4. The molecule has 0 unspecified atom stereocenters. The highest BCUT2D eigenvalue weighted by Gasteiger charge is 2.57. The van der Waals surface area contributed by atoms with Crippen LogP contribution in [0.25, 0.3) is 11.2 Å². The van der Waals surface area contributed by atoms with Crippen LogP contribution in [0.5, 0.6) is 5.75 Å². The minimum Gasteiger partial charge on any atom is -0.462 e. The standard InChI is InChI=1S/C28H38ClFN7O7P/c1-16(2)42-26(39)17(3)36-45(40,44-19-11-5-4-6-12-19)41-14-28(13-29)22(38)20(30)25(43-28)37-15-32-21-23(33-18-9-7-8-10-18)34-27(31)35-24(21)37/h4-6,11-12,15-18,20,22,25,38H,7-10,13-14H2,1-3H3,(H,36,40)(H3,31,33,34,35)/t17-,20+,22-,25+,28+,45+/m0/s1. The van der Waals surface area contributed by atoms with Crippen molar-refractivity contribution in [3.05, 3.63) is 36.7 Å². The van der Waals surface area contributed by atoms with Gasteiger partial charge in [0.25, 0.3) is 0 Å². The summed E-state index contributed by atoms with van der Waals surface area (Å²) in [6.07, 6.45) is -0.296. The second kappa shape index (κ2) is 13.7. The first-order valence-corrected chi connectivity index (χ1v) is 16.8. The molecule has 2 aromatic heterocycles. The third-order valence-electron chi connectivity index (χ3n) is 7.61. The molecule has 3 heterocycles. The zero-order valence-electron chi connectivity index (χ0n) is 25.1. The second-order valence-corrected chi connectivity index (χ2v) is 13.4. The summed E-state index contributed by atoms with van der Waals surface area (Å²) >= 11 is 6.28. The van der Waals surface area contributed by atoms with Crippen LogP contribution in [0.3, 0.4) is 0 Å². The molecular formula is C28H38ClFN7O7P. The molecule has 0 radical (unpaired) electrons. The lowest BCUT2D eigenvalue weighted by Gasteiger charge is -2.31. The van der Waals surface area contributed by atoms with Crippen molar-refractivity contribution in [2.45, 2.75) is 88.7 Å². The Morgan fingerprint density at radius 3 is 2.64 bits per heavy atom. The van der Waals surface area contributed by atoms with E-state index in [9.17, 15) is 14.5 Å².